The SMILES string of the molecule is C1=C(OC2=CCCC2)CCC1. The van der Waals surface area contributed by atoms with Crippen LogP contribution < -0.4 is 0 Å². The van der Waals surface area contributed by atoms with Crippen molar-refractivity contribution in [2.45, 2.75) is 38.5 Å². The van der Waals surface area contributed by atoms with Crippen molar-refractivity contribution in [1.29, 1.82) is 0 Å². The van der Waals surface area contributed by atoms with Crippen LogP contribution in [0.15, 0.2) is 23.7 Å². The van der Waals surface area contributed by atoms with Crippen molar-refractivity contribution in [3.05, 3.63) is 23.7 Å². The fourth-order valence-corrected chi connectivity index (χ4v) is 1.64. The van der Waals surface area contributed by atoms with Crippen molar-refractivity contribution < 1.29 is 4.74 Å². The van der Waals surface area contributed by atoms with Crippen molar-refractivity contribution in [2.75, 3.05) is 0 Å². The van der Waals surface area contributed by atoms with E-state index in [0.717, 1.165) is 12.8 Å². The molecular formula is C10H14O. The lowest BCUT2D eigenvalue weighted by atomic mass is 10.3. The molecule has 0 aromatic heterocycles. The van der Waals surface area contributed by atoms with E-state index in [9.17, 15) is 0 Å². The quantitative estimate of drug-likeness (QED) is 0.587. The van der Waals surface area contributed by atoms with Crippen molar-refractivity contribution in [3.63, 3.8) is 0 Å². The lowest BCUT2D eigenvalue weighted by Crippen LogP contribution is -1.87. The lowest BCUT2D eigenvalue weighted by molar-refractivity contribution is 0.287. The van der Waals surface area contributed by atoms with Gasteiger partial charge >= 0.3 is 0 Å². The van der Waals surface area contributed by atoms with Gasteiger partial charge in [0.15, 0.2) is 0 Å². The third-order valence-electron chi connectivity index (χ3n) is 2.26. The summed E-state index contributed by atoms with van der Waals surface area (Å²) in [6.45, 7) is 0. The Balaban J connectivity index is 1.89. The van der Waals surface area contributed by atoms with Gasteiger partial charge < -0.3 is 4.74 Å². The number of rotatable bonds is 2. The van der Waals surface area contributed by atoms with E-state index in [1.54, 1.807) is 0 Å². The summed E-state index contributed by atoms with van der Waals surface area (Å²) in [6, 6.07) is 0. The van der Waals surface area contributed by atoms with Gasteiger partial charge in [-0.1, -0.05) is 0 Å². The van der Waals surface area contributed by atoms with E-state index in [4.69, 9.17) is 4.74 Å². The molecule has 0 saturated heterocycles. The predicted molar refractivity (Wildman–Crippen MR) is 45.0 cm³/mol. The summed E-state index contributed by atoms with van der Waals surface area (Å²) >= 11 is 0. The van der Waals surface area contributed by atoms with E-state index in [1.165, 1.54) is 37.2 Å². The summed E-state index contributed by atoms with van der Waals surface area (Å²) in [5.74, 6) is 2.41. The highest BCUT2D eigenvalue weighted by atomic mass is 16.5. The summed E-state index contributed by atoms with van der Waals surface area (Å²) in [4.78, 5) is 0. The second-order valence-electron chi connectivity index (χ2n) is 3.23. The van der Waals surface area contributed by atoms with Gasteiger partial charge in [-0.2, -0.15) is 0 Å². The summed E-state index contributed by atoms with van der Waals surface area (Å²) in [5.41, 5.74) is 0. The molecule has 2 rings (SSSR count). The third kappa shape index (κ3) is 1.65. The highest BCUT2D eigenvalue weighted by molar-refractivity contribution is 5.08. The molecule has 0 bridgehead atoms. The Kier molecular flexibility index (Phi) is 1.97. The Morgan fingerprint density at radius 3 is 1.82 bits per heavy atom. The van der Waals surface area contributed by atoms with Crippen LogP contribution in [0.4, 0.5) is 0 Å². The van der Waals surface area contributed by atoms with Crippen LogP contribution in [-0.4, -0.2) is 0 Å². The van der Waals surface area contributed by atoms with Crippen molar-refractivity contribution in [2.24, 2.45) is 0 Å². The van der Waals surface area contributed by atoms with Crippen LogP contribution in [0.5, 0.6) is 0 Å². The zero-order chi connectivity index (χ0) is 7.52. The number of allylic oxidation sites excluding steroid dienone is 4. The highest BCUT2D eigenvalue weighted by Gasteiger charge is 2.10. The molecule has 0 aliphatic heterocycles. The molecule has 1 heteroatoms. The first-order valence-corrected chi connectivity index (χ1v) is 4.51. The van der Waals surface area contributed by atoms with Gasteiger partial charge in [0, 0.05) is 12.8 Å². The molecule has 0 fully saturated rings. The number of hydrogen-bond donors (Lipinski definition) is 0. The van der Waals surface area contributed by atoms with Gasteiger partial charge in [-0.15, -0.1) is 0 Å². The molecule has 0 heterocycles. The maximum atomic E-state index is 5.69. The molecule has 1 nitrogen and oxygen atoms in total. The van der Waals surface area contributed by atoms with Gasteiger partial charge in [0.1, 0.15) is 0 Å². The number of ether oxygens (including phenoxy) is 1. The molecule has 0 saturated carbocycles. The first kappa shape index (κ1) is 6.96. The summed E-state index contributed by atoms with van der Waals surface area (Å²) in [6.07, 6.45) is 11.7. The van der Waals surface area contributed by atoms with Crippen LogP contribution in [-0.2, 0) is 4.74 Å². The molecule has 11 heavy (non-hydrogen) atoms. The van der Waals surface area contributed by atoms with Crippen LogP contribution in [0.2, 0.25) is 0 Å². The highest BCUT2D eigenvalue weighted by Crippen LogP contribution is 2.26. The van der Waals surface area contributed by atoms with Crippen LogP contribution in [0.3, 0.4) is 0 Å². The minimum Gasteiger partial charge on any atom is -0.467 e. The Hall–Kier alpha value is -0.720. The van der Waals surface area contributed by atoms with Crippen LogP contribution in [0.25, 0.3) is 0 Å². The minimum absolute atomic E-state index is 1.15. The zero-order valence-electron chi connectivity index (χ0n) is 6.81. The van der Waals surface area contributed by atoms with Gasteiger partial charge in [0.2, 0.25) is 0 Å². The Bertz CT molecular complexity index is 179. The minimum atomic E-state index is 1.15. The smallest absolute Gasteiger partial charge is 0.0996 e. The Morgan fingerprint density at radius 2 is 1.45 bits per heavy atom. The topological polar surface area (TPSA) is 9.23 Å². The second-order valence-corrected chi connectivity index (χ2v) is 3.23. The lowest BCUT2D eigenvalue weighted by Gasteiger charge is -2.05. The molecule has 2 aliphatic rings. The fourth-order valence-electron chi connectivity index (χ4n) is 1.64. The van der Waals surface area contributed by atoms with Crippen molar-refractivity contribution in [1.82, 2.24) is 0 Å². The van der Waals surface area contributed by atoms with Gasteiger partial charge in [-0.3, -0.25) is 0 Å². The molecule has 0 aromatic rings. The molecule has 0 radical (unpaired) electrons. The first-order valence-electron chi connectivity index (χ1n) is 4.51. The molecule has 60 valence electrons. The van der Waals surface area contributed by atoms with Crippen molar-refractivity contribution in [3.8, 4) is 0 Å². The van der Waals surface area contributed by atoms with Gasteiger partial charge in [0.25, 0.3) is 0 Å². The summed E-state index contributed by atoms with van der Waals surface area (Å²) in [7, 11) is 0. The standard InChI is InChI=1S/C10H14O/c1-2-6-9(5-1)11-10-7-3-4-8-10/h5,7H,1-4,6,8H2. The molecular weight excluding hydrogens is 136 g/mol. The largest absolute Gasteiger partial charge is 0.467 e. The Labute approximate surface area is 67.7 Å². The zero-order valence-corrected chi connectivity index (χ0v) is 6.81. The fraction of sp³-hybridized carbons (Fsp3) is 0.600. The maximum absolute atomic E-state index is 5.69. The monoisotopic (exact) mass is 150 g/mol. The molecule has 0 aromatic carbocycles. The van der Waals surface area contributed by atoms with Gasteiger partial charge in [0.05, 0.1) is 11.5 Å². The average molecular weight is 150 g/mol. The predicted octanol–water partition coefficient (Wildman–Crippen LogP) is 3.14. The van der Waals surface area contributed by atoms with Gasteiger partial charge in [-0.25, -0.2) is 0 Å². The van der Waals surface area contributed by atoms with E-state index in [0.29, 0.717) is 0 Å². The van der Waals surface area contributed by atoms with Gasteiger partial charge in [-0.05, 0) is 37.8 Å². The normalized spacial score (nSPS) is 23.3. The van der Waals surface area contributed by atoms with E-state index in [2.05, 4.69) is 12.2 Å². The van der Waals surface area contributed by atoms with E-state index in [-0.39, 0.29) is 0 Å². The summed E-state index contributed by atoms with van der Waals surface area (Å²) < 4.78 is 5.69. The molecule has 0 unspecified atom stereocenters. The van der Waals surface area contributed by atoms with E-state index >= 15 is 0 Å². The molecule has 0 spiro atoms. The van der Waals surface area contributed by atoms with Crippen LogP contribution >= 0.6 is 0 Å². The summed E-state index contributed by atoms with van der Waals surface area (Å²) in [5, 5.41) is 0. The first-order chi connectivity index (χ1) is 5.45. The van der Waals surface area contributed by atoms with E-state index in [1.807, 2.05) is 0 Å². The maximum Gasteiger partial charge on any atom is 0.0996 e. The van der Waals surface area contributed by atoms with Crippen LogP contribution in [0, 0.1) is 0 Å². The molecule has 0 N–H and O–H groups in total. The molecule has 0 atom stereocenters. The third-order valence-corrected chi connectivity index (χ3v) is 2.26. The Morgan fingerprint density at radius 1 is 0.909 bits per heavy atom. The average Bonchev–Trinajstić information content (AvgIpc) is 2.60. The number of hydrogen-bond acceptors (Lipinski definition) is 1. The molecule has 2 aliphatic carbocycles. The van der Waals surface area contributed by atoms with Crippen LogP contribution in [0.1, 0.15) is 38.5 Å². The van der Waals surface area contributed by atoms with E-state index < -0.39 is 0 Å². The van der Waals surface area contributed by atoms with Crippen molar-refractivity contribution >= 4 is 0 Å². The molecule has 0 amide bonds. The second kappa shape index (κ2) is 3.12.